The van der Waals surface area contributed by atoms with E-state index in [0.717, 1.165) is 70.5 Å². The molecule has 1 aliphatic heterocycles. The zero-order valence-corrected chi connectivity index (χ0v) is 29.1. The number of aromatic nitrogens is 2. The Bertz CT molecular complexity index is 1400. The van der Waals surface area contributed by atoms with Crippen LogP contribution in [0.25, 0.3) is 0 Å². The molecule has 0 amide bonds. The number of anilines is 1. The van der Waals surface area contributed by atoms with E-state index in [4.69, 9.17) is 9.97 Å². The molecular formula is C38H58N4O2. The molecule has 5 aliphatic carbocycles. The number of hydrogen-bond donors (Lipinski definition) is 1. The summed E-state index contributed by atoms with van der Waals surface area (Å²) < 4.78 is 0. The zero-order valence-electron chi connectivity index (χ0n) is 29.1. The topological polar surface area (TPSA) is 69.6 Å². The number of nitrogens with zero attached hydrogens (tertiary/aromatic N) is 4. The average molecular weight is 603 g/mol. The Balaban J connectivity index is 1.34. The van der Waals surface area contributed by atoms with Gasteiger partial charge in [-0.1, -0.05) is 60.1 Å². The zero-order chi connectivity index (χ0) is 31.6. The Hall–Kier alpha value is -1.95. The van der Waals surface area contributed by atoms with Gasteiger partial charge in [-0.3, -0.25) is 4.79 Å². The molecule has 0 aromatic carbocycles. The van der Waals surface area contributed by atoms with E-state index >= 15 is 0 Å². The van der Waals surface area contributed by atoms with Gasteiger partial charge in [-0.25, -0.2) is 9.97 Å². The van der Waals surface area contributed by atoms with E-state index in [0.29, 0.717) is 23.7 Å². The smallest absolute Gasteiger partial charge is 0.310 e. The first kappa shape index (κ1) is 30.7. The first-order chi connectivity index (χ1) is 20.6. The van der Waals surface area contributed by atoms with Crippen LogP contribution in [0.5, 0.6) is 0 Å². The van der Waals surface area contributed by atoms with Crippen molar-refractivity contribution in [1.29, 1.82) is 0 Å². The molecule has 7 rings (SSSR count). The molecular weight excluding hydrogens is 544 g/mol. The summed E-state index contributed by atoms with van der Waals surface area (Å²) in [5.74, 6) is 3.82. The van der Waals surface area contributed by atoms with Crippen molar-refractivity contribution >= 4 is 11.8 Å². The van der Waals surface area contributed by atoms with Crippen molar-refractivity contribution in [2.45, 2.75) is 112 Å². The van der Waals surface area contributed by atoms with Crippen LogP contribution in [-0.2, 0) is 16.6 Å². The number of aliphatic carboxylic acids is 1. The molecule has 6 aliphatic rings. The van der Waals surface area contributed by atoms with Crippen molar-refractivity contribution in [1.82, 2.24) is 14.9 Å². The number of fused-ring (bicyclic) bond motifs is 8. The molecule has 6 nitrogen and oxygen atoms in total. The van der Waals surface area contributed by atoms with Crippen LogP contribution in [0.4, 0.5) is 5.82 Å². The molecule has 2 heterocycles. The van der Waals surface area contributed by atoms with Gasteiger partial charge in [0, 0.05) is 37.2 Å². The molecule has 1 aromatic heterocycles. The highest BCUT2D eigenvalue weighted by atomic mass is 16.4. The van der Waals surface area contributed by atoms with Gasteiger partial charge in [0.25, 0.3) is 0 Å². The molecule has 3 saturated carbocycles. The lowest BCUT2D eigenvalue weighted by atomic mass is 9.33. The quantitative estimate of drug-likeness (QED) is 0.359. The lowest BCUT2D eigenvalue weighted by molar-refractivity contribution is -0.179. The number of likely N-dealkylation sites (N-methyl/N-ethyl adjacent to an activating group) is 1. The van der Waals surface area contributed by atoms with Gasteiger partial charge in [0.2, 0.25) is 0 Å². The summed E-state index contributed by atoms with van der Waals surface area (Å²) in [5, 5.41) is 10.8. The van der Waals surface area contributed by atoms with Gasteiger partial charge in [0.05, 0.1) is 11.1 Å². The highest BCUT2D eigenvalue weighted by Crippen LogP contribution is 2.75. The maximum atomic E-state index is 13.1. The molecule has 1 saturated heterocycles. The maximum absolute atomic E-state index is 13.1. The van der Waals surface area contributed by atoms with Gasteiger partial charge in [-0.2, -0.15) is 0 Å². The van der Waals surface area contributed by atoms with E-state index < -0.39 is 11.4 Å². The number of piperazine rings is 1. The number of rotatable bonds is 2. The fraction of sp³-hybridized carbons (Fsp3) is 0.816. The fourth-order valence-corrected chi connectivity index (χ4v) is 12.8. The minimum absolute atomic E-state index is 0.0259. The number of hydrogen-bond acceptors (Lipinski definition) is 5. The highest BCUT2D eigenvalue weighted by Gasteiger charge is 2.69. The van der Waals surface area contributed by atoms with Crippen LogP contribution in [0.2, 0.25) is 0 Å². The number of carboxylic acid groups (broad SMARTS) is 1. The average Bonchev–Trinajstić information content (AvgIpc) is 2.96. The maximum Gasteiger partial charge on any atom is 0.310 e. The van der Waals surface area contributed by atoms with Crippen LogP contribution < -0.4 is 4.90 Å². The third-order valence-electron chi connectivity index (χ3n) is 15.6. The molecule has 242 valence electrons. The summed E-state index contributed by atoms with van der Waals surface area (Å²) in [4.78, 5) is 28.5. The minimum Gasteiger partial charge on any atom is -0.481 e. The van der Waals surface area contributed by atoms with E-state index in [1.165, 1.54) is 35.5 Å². The second-order valence-corrected chi connectivity index (χ2v) is 17.7. The lowest BCUT2D eigenvalue weighted by Gasteiger charge is -2.70. The Morgan fingerprint density at radius 2 is 1.64 bits per heavy atom. The third kappa shape index (κ3) is 3.84. The summed E-state index contributed by atoms with van der Waals surface area (Å²) in [7, 11) is 2.22. The predicted molar refractivity (Wildman–Crippen MR) is 177 cm³/mol. The van der Waals surface area contributed by atoms with Crippen molar-refractivity contribution in [3.8, 4) is 0 Å². The SMILES string of the molecule is Cc1nc(N2CCN(C)CC2)c2c(n1)C(C)(C)[C@@H]1CC[C@]3(C)[C@H](CC=C4[C@@H]5[C@@H](C)[C@H](C)CC[C@]5(C(=O)O)CC[C@]43C)[C@@]1(C)C2. The first-order valence-electron chi connectivity index (χ1n) is 17.9. The summed E-state index contributed by atoms with van der Waals surface area (Å²) in [6.45, 7) is 23.8. The summed E-state index contributed by atoms with van der Waals surface area (Å²) in [6.07, 6.45) is 10.9. The highest BCUT2D eigenvalue weighted by molar-refractivity contribution is 5.76. The van der Waals surface area contributed by atoms with E-state index in [9.17, 15) is 9.90 Å². The van der Waals surface area contributed by atoms with Gasteiger partial charge < -0.3 is 14.9 Å². The van der Waals surface area contributed by atoms with E-state index in [1.54, 1.807) is 0 Å². The minimum atomic E-state index is -0.583. The van der Waals surface area contributed by atoms with Crippen molar-refractivity contribution < 1.29 is 9.90 Å². The van der Waals surface area contributed by atoms with Crippen LogP contribution >= 0.6 is 0 Å². The second kappa shape index (κ2) is 9.78. The van der Waals surface area contributed by atoms with Gasteiger partial charge in [0.15, 0.2) is 0 Å². The number of carboxylic acids is 1. The lowest BCUT2D eigenvalue weighted by Crippen LogP contribution is -2.65. The van der Waals surface area contributed by atoms with Gasteiger partial charge >= 0.3 is 5.97 Å². The van der Waals surface area contributed by atoms with Crippen molar-refractivity contribution in [3.05, 3.63) is 28.7 Å². The monoisotopic (exact) mass is 602 g/mol. The first-order valence-corrected chi connectivity index (χ1v) is 17.9. The standard InChI is InChI=1S/C38H58N4O2/c1-23-12-15-38(33(43)44)17-16-36(7)27(30(38)24(23)2)10-11-29-35(6)22-26-31(34(4,5)28(35)13-14-37(29,36)8)39-25(3)40-32(26)42-20-18-41(9)19-21-42/h10,23-24,28-30H,11-22H2,1-9H3,(H,43,44)/t23-,24+,28+,29-,30+,35+,36-,37-,38+/m1/s1. The van der Waals surface area contributed by atoms with Crippen LogP contribution in [0, 0.1) is 58.2 Å². The van der Waals surface area contributed by atoms with Gasteiger partial charge in [0.1, 0.15) is 11.6 Å². The Labute approximate surface area is 266 Å². The molecule has 1 aromatic rings. The summed E-state index contributed by atoms with van der Waals surface area (Å²) in [6, 6.07) is 0. The molecule has 0 radical (unpaired) electrons. The summed E-state index contributed by atoms with van der Waals surface area (Å²) in [5.41, 5.74) is 3.93. The molecule has 0 unspecified atom stereocenters. The predicted octanol–water partition coefficient (Wildman–Crippen LogP) is 7.29. The molecule has 6 heteroatoms. The second-order valence-electron chi connectivity index (χ2n) is 17.7. The molecule has 1 N–H and O–H groups in total. The Morgan fingerprint density at radius 1 is 0.932 bits per heavy atom. The summed E-state index contributed by atoms with van der Waals surface area (Å²) >= 11 is 0. The molecule has 0 spiro atoms. The normalized spacial score (nSPS) is 44.8. The van der Waals surface area contributed by atoms with Crippen molar-refractivity contribution in [3.63, 3.8) is 0 Å². The van der Waals surface area contributed by atoms with Crippen molar-refractivity contribution in [2.24, 2.45) is 51.2 Å². The van der Waals surface area contributed by atoms with E-state index in [1.807, 2.05) is 0 Å². The third-order valence-corrected chi connectivity index (χ3v) is 15.6. The van der Waals surface area contributed by atoms with Crippen molar-refractivity contribution in [2.75, 3.05) is 38.1 Å². The van der Waals surface area contributed by atoms with E-state index in [2.05, 4.69) is 78.3 Å². The van der Waals surface area contributed by atoms with Gasteiger partial charge in [-0.15, -0.1) is 0 Å². The fourth-order valence-electron chi connectivity index (χ4n) is 12.8. The van der Waals surface area contributed by atoms with E-state index in [-0.39, 0.29) is 27.6 Å². The largest absolute Gasteiger partial charge is 0.481 e. The van der Waals surface area contributed by atoms with Crippen LogP contribution in [0.3, 0.4) is 0 Å². The van der Waals surface area contributed by atoms with Gasteiger partial charge in [-0.05, 0) is 111 Å². The van der Waals surface area contributed by atoms with Crippen LogP contribution in [-0.4, -0.2) is 59.2 Å². The molecule has 0 bridgehead atoms. The number of carbonyl (C=O) groups is 1. The number of aryl methyl sites for hydroxylation is 1. The Morgan fingerprint density at radius 3 is 2.32 bits per heavy atom. The molecule has 44 heavy (non-hydrogen) atoms. The van der Waals surface area contributed by atoms with Crippen LogP contribution in [0.15, 0.2) is 11.6 Å². The van der Waals surface area contributed by atoms with Crippen LogP contribution in [0.1, 0.15) is 110 Å². The number of allylic oxidation sites excluding steroid dienone is 2. The molecule has 4 fully saturated rings. The molecule has 9 atom stereocenters. The Kier molecular flexibility index (Phi) is 6.82.